The van der Waals surface area contributed by atoms with Crippen LogP contribution in [0, 0.1) is 5.92 Å². The van der Waals surface area contributed by atoms with Crippen LogP contribution in [0.4, 0.5) is 5.82 Å². The highest BCUT2D eigenvalue weighted by Crippen LogP contribution is 2.19. The van der Waals surface area contributed by atoms with Gasteiger partial charge in [0.25, 0.3) is 0 Å². The van der Waals surface area contributed by atoms with Crippen LogP contribution in [-0.4, -0.2) is 24.1 Å². The molecule has 0 spiro atoms. The fraction of sp³-hybridized carbons (Fsp3) is 0.722. The molecule has 1 N–H and O–H groups in total. The van der Waals surface area contributed by atoms with E-state index in [1.165, 1.54) is 17.7 Å². The summed E-state index contributed by atoms with van der Waals surface area (Å²) in [5, 5.41) is 3.49. The molecule has 1 aromatic heterocycles. The van der Waals surface area contributed by atoms with Crippen LogP contribution in [-0.2, 0) is 13.0 Å². The summed E-state index contributed by atoms with van der Waals surface area (Å²) < 4.78 is 0. The Morgan fingerprint density at radius 1 is 1.14 bits per heavy atom. The summed E-state index contributed by atoms with van der Waals surface area (Å²) in [6.45, 7) is 16.5. The van der Waals surface area contributed by atoms with Crippen LogP contribution in [0.2, 0.25) is 0 Å². The number of hydrogen-bond acceptors (Lipinski definition) is 3. The Morgan fingerprint density at radius 2 is 1.86 bits per heavy atom. The largest absolute Gasteiger partial charge is 0.354 e. The van der Waals surface area contributed by atoms with Gasteiger partial charge >= 0.3 is 0 Å². The van der Waals surface area contributed by atoms with E-state index in [1.54, 1.807) is 0 Å². The lowest BCUT2D eigenvalue weighted by Gasteiger charge is -2.30. The highest BCUT2D eigenvalue weighted by atomic mass is 15.2. The monoisotopic (exact) mass is 291 g/mol. The number of nitrogens with one attached hydrogen (secondary N) is 1. The maximum atomic E-state index is 4.85. The summed E-state index contributed by atoms with van der Waals surface area (Å²) in [5.41, 5.74) is 2.54. The molecule has 0 saturated heterocycles. The minimum atomic E-state index is 0.475. The van der Waals surface area contributed by atoms with Crippen molar-refractivity contribution in [2.24, 2.45) is 5.92 Å². The number of hydrogen-bond donors (Lipinski definition) is 1. The van der Waals surface area contributed by atoms with E-state index in [4.69, 9.17) is 4.98 Å². The molecule has 0 amide bonds. The van der Waals surface area contributed by atoms with E-state index in [9.17, 15) is 0 Å². The number of anilines is 1. The van der Waals surface area contributed by atoms with Gasteiger partial charge in [-0.2, -0.15) is 0 Å². The molecule has 0 radical (unpaired) electrons. The zero-order valence-corrected chi connectivity index (χ0v) is 14.7. The Morgan fingerprint density at radius 3 is 2.38 bits per heavy atom. The molecule has 0 fully saturated rings. The van der Waals surface area contributed by atoms with Crippen molar-refractivity contribution in [3.05, 3.63) is 23.4 Å². The molecular weight excluding hydrogens is 258 g/mol. The maximum absolute atomic E-state index is 4.85. The van der Waals surface area contributed by atoms with Gasteiger partial charge in [0.2, 0.25) is 0 Å². The SMILES string of the molecule is CCCNCc1cc(CC)nc(N(CC(C)C)C(C)C)c1. The van der Waals surface area contributed by atoms with Crippen molar-refractivity contribution < 1.29 is 0 Å². The molecule has 0 bridgehead atoms. The zero-order valence-electron chi connectivity index (χ0n) is 14.7. The third kappa shape index (κ3) is 6.04. The van der Waals surface area contributed by atoms with Gasteiger partial charge in [-0.3, -0.25) is 0 Å². The first-order valence-corrected chi connectivity index (χ1v) is 8.45. The second-order valence-electron chi connectivity index (χ2n) is 6.50. The van der Waals surface area contributed by atoms with Crippen LogP contribution >= 0.6 is 0 Å². The molecule has 0 atom stereocenters. The van der Waals surface area contributed by atoms with Crippen molar-refractivity contribution >= 4 is 5.82 Å². The van der Waals surface area contributed by atoms with E-state index in [1.807, 2.05) is 0 Å². The van der Waals surface area contributed by atoms with Crippen molar-refractivity contribution in [2.45, 2.75) is 67.0 Å². The van der Waals surface area contributed by atoms with Crippen LogP contribution < -0.4 is 10.2 Å². The first-order valence-electron chi connectivity index (χ1n) is 8.45. The van der Waals surface area contributed by atoms with Crippen molar-refractivity contribution in [3.8, 4) is 0 Å². The molecule has 21 heavy (non-hydrogen) atoms. The lowest BCUT2D eigenvalue weighted by molar-refractivity contribution is 0.564. The third-order valence-electron chi connectivity index (χ3n) is 3.52. The number of nitrogens with zero attached hydrogens (tertiary/aromatic N) is 2. The Bertz CT molecular complexity index is 413. The molecule has 3 nitrogen and oxygen atoms in total. The van der Waals surface area contributed by atoms with Crippen LogP contribution in [0.25, 0.3) is 0 Å². The zero-order chi connectivity index (χ0) is 15.8. The van der Waals surface area contributed by atoms with Gasteiger partial charge in [0.05, 0.1) is 0 Å². The summed E-state index contributed by atoms with van der Waals surface area (Å²) in [6, 6.07) is 4.97. The predicted octanol–water partition coefficient (Wildman–Crippen LogP) is 4.01. The quantitative estimate of drug-likeness (QED) is 0.697. The molecule has 1 rings (SSSR count). The fourth-order valence-electron chi connectivity index (χ4n) is 2.44. The summed E-state index contributed by atoms with van der Waals surface area (Å²) >= 11 is 0. The van der Waals surface area contributed by atoms with Crippen LogP contribution in [0.3, 0.4) is 0 Å². The van der Waals surface area contributed by atoms with Gasteiger partial charge in [-0.15, -0.1) is 0 Å². The lowest BCUT2D eigenvalue weighted by atomic mass is 10.1. The molecule has 1 heterocycles. The Labute approximate surface area is 131 Å². The predicted molar refractivity (Wildman–Crippen MR) is 92.9 cm³/mol. The fourth-order valence-corrected chi connectivity index (χ4v) is 2.44. The normalized spacial score (nSPS) is 11.4. The molecule has 3 heteroatoms. The number of pyridine rings is 1. The molecule has 0 unspecified atom stereocenters. The Hall–Kier alpha value is -1.09. The van der Waals surface area contributed by atoms with Crippen LogP contribution in [0.5, 0.6) is 0 Å². The molecule has 0 aliphatic rings. The molecule has 0 saturated carbocycles. The van der Waals surface area contributed by atoms with Gasteiger partial charge in [0.15, 0.2) is 0 Å². The molecule has 120 valence electrons. The maximum Gasteiger partial charge on any atom is 0.129 e. The van der Waals surface area contributed by atoms with E-state index in [2.05, 4.69) is 63.9 Å². The van der Waals surface area contributed by atoms with Gasteiger partial charge < -0.3 is 10.2 Å². The average Bonchev–Trinajstić information content (AvgIpc) is 2.44. The van der Waals surface area contributed by atoms with Gasteiger partial charge in [0.1, 0.15) is 5.82 Å². The van der Waals surface area contributed by atoms with Crippen LogP contribution in [0.15, 0.2) is 12.1 Å². The van der Waals surface area contributed by atoms with E-state index in [0.29, 0.717) is 12.0 Å². The van der Waals surface area contributed by atoms with Crippen molar-refractivity contribution in [1.82, 2.24) is 10.3 Å². The summed E-state index contributed by atoms with van der Waals surface area (Å²) in [4.78, 5) is 7.28. The standard InChI is InChI=1S/C18H33N3/c1-7-9-19-12-16-10-17(8-2)20-18(11-16)21(15(5)6)13-14(3)4/h10-11,14-15,19H,7-9,12-13H2,1-6H3. The van der Waals surface area contributed by atoms with Crippen LogP contribution in [0.1, 0.15) is 59.2 Å². The topological polar surface area (TPSA) is 28.2 Å². The lowest BCUT2D eigenvalue weighted by Crippen LogP contribution is -2.35. The second kappa shape index (κ2) is 9.04. The van der Waals surface area contributed by atoms with E-state index < -0.39 is 0 Å². The minimum Gasteiger partial charge on any atom is -0.354 e. The van der Waals surface area contributed by atoms with Crippen molar-refractivity contribution in [1.29, 1.82) is 0 Å². The first kappa shape index (κ1) is 18.0. The highest BCUT2D eigenvalue weighted by molar-refractivity contribution is 5.43. The van der Waals surface area contributed by atoms with Gasteiger partial charge in [-0.05, 0) is 56.8 Å². The summed E-state index contributed by atoms with van der Waals surface area (Å²) in [7, 11) is 0. The molecule has 0 aromatic carbocycles. The van der Waals surface area contributed by atoms with Gasteiger partial charge in [-0.25, -0.2) is 4.98 Å². The van der Waals surface area contributed by atoms with Gasteiger partial charge in [0, 0.05) is 24.8 Å². The molecule has 1 aromatic rings. The minimum absolute atomic E-state index is 0.475. The second-order valence-corrected chi connectivity index (χ2v) is 6.50. The van der Waals surface area contributed by atoms with Gasteiger partial charge in [-0.1, -0.05) is 27.7 Å². The number of aryl methyl sites for hydroxylation is 1. The molecule has 0 aliphatic carbocycles. The van der Waals surface area contributed by atoms with E-state index >= 15 is 0 Å². The third-order valence-corrected chi connectivity index (χ3v) is 3.52. The summed E-state index contributed by atoms with van der Waals surface area (Å²) in [6.07, 6.45) is 2.16. The highest BCUT2D eigenvalue weighted by Gasteiger charge is 2.15. The first-order chi connectivity index (χ1) is 9.97. The Kier molecular flexibility index (Phi) is 7.73. The van der Waals surface area contributed by atoms with Crippen molar-refractivity contribution in [3.63, 3.8) is 0 Å². The molecular formula is C18H33N3. The van der Waals surface area contributed by atoms with E-state index in [-0.39, 0.29) is 0 Å². The number of rotatable bonds is 9. The van der Waals surface area contributed by atoms with E-state index in [0.717, 1.165) is 31.9 Å². The van der Waals surface area contributed by atoms with Crippen molar-refractivity contribution in [2.75, 3.05) is 18.0 Å². The number of aromatic nitrogens is 1. The molecule has 0 aliphatic heterocycles. The average molecular weight is 291 g/mol. The smallest absolute Gasteiger partial charge is 0.129 e. The summed E-state index contributed by atoms with van der Waals surface area (Å²) in [5.74, 6) is 1.77. The Balaban J connectivity index is 2.99.